The van der Waals surface area contributed by atoms with Gasteiger partial charge in [-0.1, -0.05) is 18.5 Å². The molecule has 2 aromatic heterocycles. The molecule has 7 heteroatoms. The highest BCUT2D eigenvalue weighted by Crippen LogP contribution is 2.28. The lowest BCUT2D eigenvalue weighted by Crippen LogP contribution is -2.09. The molecule has 0 bridgehead atoms. The number of nitrogens with two attached hydrogens (primary N) is 1. The van der Waals surface area contributed by atoms with Crippen LogP contribution in [-0.4, -0.2) is 15.0 Å². The van der Waals surface area contributed by atoms with Crippen LogP contribution in [0.25, 0.3) is 0 Å². The molecule has 2 aromatic rings. The maximum Gasteiger partial charge on any atom is 0.151 e. The monoisotopic (exact) mass is 283 g/mol. The van der Waals surface area contributed by atoms with Crippen molar-refractivity contribution < 1.29 is 0 Å². The van der Waals surface area contributed by atoms with E-state index in [1.54, 1.807) is 11.3 Å². The summed E-state index contributed by atoms with van der Waals surface area (Å²) in [6.45, 7) is 4.12. The normalized spacial score (nSPS) is 12.4. The van der Waals surface area contributed by atoms with E-state index in [-0.39, 0.29) is 11.9 Å². The minimum absolute atomic E-state index is 0.0297. The highest BCUT2D eigenvalue weighted by Gasteiger charge is 2.13. The number of nitrogen functional groups attached to an aromatic ring is 1. The van der Waals surface area contributed by atoms with Crippen molar-refractivity contribution in [3.63, 3.8) is 0 Å². The first-order chi connectivity index (χ1) is 8.61. The van der Waals surface area contributed by atoms with E-state index in [1.807, 2.05) is 13.1 Å². The van der Waals surface area contributed by atoms with Crippen molar-refractivity contribution in [3.8, 4) is 0 Å². The van der Waals surface area contributed by atoms with Crippen LogP contribution in [0.1, 0.15) is 29.8 Å². The Morgan fingerprint density at radius 3 is 2.89 bits per heavy atom. The topological polar surface area (TPSA) is 76.7 Å². The number of aromatic nitrogens is 3. The first-order valence-electron chi connectivity index (χ1n) is 5.59. The zero-order valence-corrected chi connectivity index (χ0v) is 11.7. The molecule has 0 fully saturated rings. The van der Waals surface area contributed by atoms with Crippen LogP contribution >= 0.6 is 22.9 Å². The van der Waals surface area contributed by atoms with Gasteiger partial charge in [0, 0.05) is 11.1 Å². The molecule has 0 aromatic carbocycles. The smallest absolute Gasteiger partial charge is 0.151 e. The van der Waals surface area contributed by atoms with Gasteiger partial charge >= 0.3 is 0 Å². The van der Waals surface area contributed by atoms with Gasteiger partial charge in [0.25, 0.3) is 0 Å². The number of aryl methyl sites for hydroxylation is 1. The minimum atomic E-state index is 0.0297. The van der Waals surface area contributed by atoms with Gasteiger partial charge in [-0.25, -0.2) is 15.0 Å². The fourth-order valence-corrected chi connectivity index (χ4v) is 2.45. The summed E-state index contributed by atoms with van der Waals surface area (Å²) in [5, 5.41) is 4.53. The number of hydrogen-bond acceptors (Lipinski definition) is 6. The second-order valence-corrected chi connectivity index (χ2v) is 5.33. The summed E-state index contributed by atoms with van der Waals surface area (Å²) in [6, 6.07) is 0.0297. The lowest BCUT2D eigenvalue weighted by Gasteiger charge is -2.13. The van der Waals surface area contributed by atoms with E-state index >= 15 is 0 Å². The quantitative estimate of drug-likeness (QED) is 0.902. The molecule has 18 heavy (non-hydrogen) atoms. The van der Waals surface area contributed by atoms with Crippen LogP contribution in [-0.2, 0) is 6.42 Å². The molecule has 0 aliphatic rings. The first kappa shape index (κ1) is 13.0. The molecule has 1 atom stereocenters. The van der Waals surface area contributed by atoms with Crippen molar-refractivity contribution in [3.05, 3.63) is 27.4 Å². The second kappa shape index (κ2) is 5.49. The number of thiazole rings is 1. The molecule has 0 spiro atoms. The van der Waals surface area contributed by atoms with Crippen molar-refractivity contribution in [2.75, 3.05) is 11.1 Å². The Morgan fingerprint density at radius 2 is 2.22 bits per heavy atom. The number of anilines is 2. The zero-order valence-electron chi connectivity index (χ0n) is 10.1. The summed E-state index contributed by atoms with van der Waals surface area (Å²) in [6.07, 6.45) is 4.27. The number of rotatable bonds is 4. The molecule has 2 heterocycles. The molecule has 0 saturated heterocycles. The predicted octanol–water partition coefficient (Wildman–Crippen LogP) is 2.90. The Bertz CT molecular complexity index is 542. The average molecular weight is 284 g/mol. The SMILES string of the molecule is CCc1cnc(C(C)Nc2ncnc(N)c2Cl)s1. The fraction of sp³-hybridized carbons (Fsp3) is 0.364. The standard InChI is InChI=1S/C11H14ClN5S/c1-3-7-4-14-11(18-7)6(2)17-10-8(12)9(13)15-5-16-10/h4-6H,3H2,1-2H3,(H3,13,15,16,17). The van der Waals surface area contributed by atoms with Gasteiger partial charge in [-0.3, -0.25) is 0 Å². The first-order valence-corrected chi connectivity index (χ1v) is 6.78. The Morgan fingerprint density at radius 1 is 1.44 bits per heavy atom. The second-order valence-electron chi connectivity index (χ2n) is 3.81. The maximum absolute atomic E-state index is 6.03. The van der Waals surface area contributed by atoms with Gasteiger partial charge in [0.15, 0.2) is 5.82 Å². The van der Waals surface area contributed by atoms with Crippen LogP contribution in [0.15, 0.2) is 12.5 Å². The van der Waals surface area contributed by atoms with Crippen LogP contribution in [0.3, 0.4) is 0 Å². The summed E-state index contributed by atoms with van der Waals surface area (Å²) < 4.78 is 0. The third kappa shape index (κ3) is 2.70. The van der Waals surface area contributed by atoms with Crippen LogP contribution in [0.5, 0.6) is 0 Å². The van der Waals surface area contributed by atoms with E-state index in [2.05, 4.69) is 27.2 Å². The van der Waals surface area contributed by atoms with Gasteiger partial charge in [0.05, 0.1) is 6.04 Å². The molecule has 0 aliphatic carbocycles. The maximum atomic E-state index is 6.03. The van der Waals surface area contributed by atoms with Gasteiger partial charge in [0.2, 0.25) is 0 Å². The van der Waals surface area contributed by atoms with E-state index in [0.717, 1.165) is 11.4 Å². The molecule has 5 nitrogen and oxygen atoms in total. The zero-order chi connectivity index (χ0) is 13.1. The van der Waals surface area contributed by atoms with Gasteiger partial charge in [-0.2, -0.15) is 0 Å². The third-order valence-electron chi connectivity index (χ3n) is 2.46. The van der Waals surface area contributed by atoms with E-state index in [0.29, 0.717) is 10.8 Å². The van der Waals surface area contributed by atoms with Crippen molar-refractivity contribution in [1.29, 1.82) is 0 Å². The number of hydrogen-bond donors (Lipinski definition) is 2. The lowest BCUT2D eigenvalue weighted by atomic mass is 10.3. The van der Waals surface area contributed by atoms with E-state index in [4.69, 9.17) is 17.3 Å². The average Bonchev–Trinajstić information content (AvgIpc) is 2.83. The van der Waals surface area contributed by atoms with E-state index < -0.39 is 0 Å². The summed E-state index contributed by atoms with van der Waals surface area (Å²) in [7, 11) is 0. The van der Waals surface area contributed by atoms with Crippen molar-refractivity contribution in [1.82, 2.24) is 15.0 Å². The molecule has 96 valence electrons. The molecule has 1 unspecified atom stereocenters. The van der Waals surface area contributed by atoms with Crippen LogP contribution in [0.4, 0.5) is 11.6 Å². The molecular weight excluding hydrogens is 270 g/mol. The summed E-state index contributed by atoms with van der Waals surface area (Å²) >= 11 is 7.71. The Labute approximate surface area is 114 Å². The van der Waals surface area contributed by atoms with Gasteiger partial charge in [0.1, 0.15) is 22.2 Å². The molecule has 0 aliphatic heterocycles. The van der Waals surface area contributed by atoms with Crippen LogP contribution in [0, 0.1) is 0 Å². The predicted molar refractivity (Wildman–Crippen MR) is 75.0 cm³/mol. The number of nitrogens with one attached hydrogen (secondary N) is 1. The van der Waals surface area contributed by atoms with E-state index in [1.165, 1.54) is 11.2 Å². The highest BCUT2D eigenvalue weighted by atomic mass is 35.5. The van der Waals surface area contributed by atoms with Crippen molar-refractivity contribution in [2.45, 2.75) is 26.3 Å². The van der Waals surface area contributed by atoms with Crippen molar-refractivity contribution >= 4 is 34.6 Å². The molecule has 0 amide bonds. The highest BCUT2D eigenvalue weighted by molar-refractivity contribution is 7.11. The fourth-order valence-electron chi connectivity index (χ4n) is 1.44. The molecule has 2 rings (SSSR count). The van der Waals surface area contributed by atoms with Crippen LogP contribution < -0.4 is 11.1 Å². The van der Waals surface area contributed by atoms with Gasteiger partial charge in [-0.15, -0.1) is 11.3 Å². The summed E-state index contributed by atoms with van der Waals surface area (Å²) in [5.41, 5.74) is 5.62. The number of nitrogens with zero attached hydrogens (tertiary/aromatic N) is 3. The Hall–Kier alpha value is -1.40. The largest absolute Gasteiger partial charge is 0.382 e. The molecule has 3 N–H and O–H groups in total. The molecule has 0 saturated carbocycles. The third-order valence-corrected chi connectivity index (χ3v) is 4.16. The van der Waals surface area contributed by atoms with Crippen LogP contribution in [0.2, 0.25) is 5.02 Å². The minimum Gasteiger partial charge on any atom is -0.382 e. The van der Waals surface area contributed by atoms with Crippen molar-refractivity contribution in [2.24, 2.45) is 0 Å². The Kier molecular flexibility index (Phi) is 3.98. The van der Waals surface area contributed by atoms with Gasteiger partial charge in [-0.05, 0) is 13.3 Å². The lowest BCUT2D eigenvalue weighted by molar-refractivity contribution is 0.858. The number of halogens is 1. The molecular formula is C11H14ClN5S. The Balaban J connectivity index is 2.15. The van der Waals surface area contributed by atoms with E-state index in [9.17, 15) is 0 Å². The molecule has 0 radical (unpaired) electrons. The summed E-state index contributed by atoms with van der Waals surface area (Å²) in [5.74, 6) is 0.805. The van der Waals surface area contributed by atoms with Gasteiger partial charge < -0.3 is 11.1 Å². The summed E-state index contributed by atoms with van der Waals surface area (Å²) in [4.78, 5) is 13.5.